The molecule has 0 spiro atoms. The summed E-state index contributed by atoms with van der Waals surface area (Å²) in [6.07, 6.45) is 0. The molecule has 0 fully saturated rings. The van der Waals surface area contributed by atoms with Gasteiger partial charge in [0.25, 0.3) is 0 Å². The Morgan fingerprint density at radius 1 is 0.875 bits per heavy atom. The number of rotatable bonds is 2. The third-order valence-electron chi connectivity index (χ3n) is 2.33. The Hall–Kier alpha value is -1.12. The summed E-state index contributed by atoms with van der Waals surface area (Å²) < 4.78 is 0. The zero-order valence-electron chi connectivity index (χ0n) is 8.45. The van der Waals surface area contributed by atoms with E-state index >= 15 is 0 Å². The molecule has 2 aromatic carbocycles. The van der Waals surface area contributed by atoms with E-state index in [1.54, 1.807) is 12.1 Å². The van der Waals surface area contributed by atoms with E-state index in [2.05, 4.69) is 0 Å². The van der Waals surface area contributed by atoms with Crippen LogP contribution in [0.1, 0.15) is 0 Å². The van der Waals surface area contributed by atoms with Crippen LogP contribution in [-0.4, -0.2) is 12.4 Å². The van der Waals surface area contributed by atoms with Gasteiger partial charge in [0.05, 0.1) is 5.02 Å². The molecule has 1 N–H and O–H groups in total. The van der Waals surface area contributed by atoms with Crippen molar-refractivity contribution in [3.8, 4) is 5.75 Å². The maximum Gasteiger partial charge on any atom is 0.192 e. The van der Waals surface area contributed by atoms with Gasteiger partial charge in [-0.15, -0.1) is 0 Å². The van der Waals surface area contributed by atoms with Crippen molar-refractivity contribution in [3.63, 3.8) is 0 Å². The Balaban J connectivity index is 2.20. The average molecular weight is 251 g/mol. The third-order valence-corrected chi connectivity index (χ3v) is 2.90. The van der Waals surface area contributed by atoms with E-state index < -0.39 is 0 Å². The van der Waals surface area contributed by atoms with E-state index in [9.17, 15) is 5.11 Å². The van der Waals surface area contributed by atoms with Gasteiger partial charge in [-0.2, -0.15) is 0 Å². The zero-order chi connectivity index (χ0) is 11.5. The second-order valence-corrected chi connectivity index (χ2v) is 4.43. The molecule has 0 heterocycles. The lowest BCUT2D eigenvalue weighted by molar-refractivity contribution is 0.476. The molecule has 80 valence electrons. The molecule has 2 aromatic rings. The predicted octanol–water partition coefficient (Wildman–Crippen LogP) is 2.09. The lowest BCUT2D eigenvalue weighted by Crippen LogP contribution is -2.26. The van der Waals surface area contributed by atoms with E-state index in [1.807, 2.05) is 30.3 Å². The van der Waals surface area contributed by atoms with Crippen LogP contribution in [0.5, 0.6) is 5.75 Å². The van der Waals surface area contributed by atoms with Gasteiger partial charge in [0, 0.05) is 5.02 Å². The Labute approximate surface area is 105 Å². The zero-order valence-corrected chi connectivity index (χ0v) is 9.96. The lowest BCUT2D eigenvalue weighted by Gasteiger charge is -2.02. The molecule has 0 aliphatic rings. The van der Waals surface area contributed by atoms with Crippen LogP contribution in [0, 0.1) is 0 Å². The number of aromatic hydroxyl groups is 1. The number of benzene rings is 2. The average Bonchev–Trinajstić information content (AvgIpc) is 2.27. The Kier molecular flexibility index (Phi) is 3.42. The van der Waals surface area contributed by atoms with E-state index in [1.165, 1.54) is 0 Å². The van der Waals surface area contributed by atoms with Crippen LogP contribution in [0.4, 0.5) is 0 Å². The van der Waals surface area contributed by atoms with Crippen LogP contribution >= 0.6 is 23.2 Å². The quantitative estimate of drug-likeness (QED) is 0.810. The van der Waals surface area contributed by atoms with Gasteiger partial charge in [-0.05, 0) is 24.3 Å². The summed E-state index contributed by atoms with van der Waals surface area (Å²) in [4.78, 5) is 0. The van der Waals surface area contributed by atoms with Gasteiger partial charge in [-0.3, -0.25) is 0 Å². The van der Waals surface area contributed by atoms with Crippen LogP contribution in [0.15, 0.2) is 42.5 Å². The van der Waals surface area contributed by atoms with Crippen molar-refractivity contribution in [1.82, 2.24) is 0 Å². The molecular formula is C12H9BCl2O. The summed E-state index contributed by atoms with van der Waals surface area (Å²) in [7, 11) is 0.752. The molecule has 0 unspecified atom stereocenters. The summed E-state index contributed by atoms with van der Waals surface area (Å²) in [5, 5.41) is 10.6. The lowest BCUT2D eigenvalue weighted by atomic mass is 9.64. The minimum atomic E-state index is 0.119. The van der Waals surface area contributed by atoms with E-state index in [0.29, 0.717) is 5.02 Å². The van der Waals surface area contributed by atoms with Crippen molar-refractivity contribution in [1.29, 1.82) is 0 Å². The maximum atomic E-state index is 9.47. The molecule has 1 nitrogen and oxygen atoms in total. The van der Waals surface area contributed by atoms with Gasteiger partial charge in [-0.25, -0.2) is 0 Å². The number of halogens is 2. The molecule has 0 saturated heterocycles. The fourth-order valence-electron chi connectivity index (χ4n) is 1.51. The minimum Gasteiger partial charge on any atom is -0.506 e. The van der Waals surface area contributed by atoms with Gasteiger partial charge in [0.2, 0.25) is 0 Å². The fourth-order valence-corrected chi connectivity index (χ4v) is 1.75. The highest BCUT2D eigenvalue weighted by atomic mass is 35.5. The normalized spacial score (nSPS) is 10.1. The topological polar surface area (TPSA) is 20.2 Å². The molecule has 0 aromatic heterocycles. The van der Waals surface area contributed by atoms with Crippen LogP contribution < -0.4 is 10.9 Å². The molecule has 0 radical (unpaired) electrons. The van der Waals surface area contributed by atoms with Gasteiger partial charge in [0.15, 0.2) is 7.28 Å². The third kappa shape index (κ3) is 2.72. The molecule has 16 heavy (non-hydrogen) atoms. The molecule has 0 saturated carbocycles. The van der Waals surface area contributed by atoms with Crippen molar-refractivity contribution in [2.45, 2.75) is 0 Å². The minimum absolute atomic E-state index is 0.119. The Bertz CT molecular complexity index is 497. The van der Waals surface area contributed by atoms with Crippen LogP contribution in [-0.2, 0) is 0 Å². The van der Waals surface area contributed by atoms with Crippen LogP contribution in [0.25, 0.3) is 0 Å². The van der Waals surface area contributed by atoms with Crippen molar-refractivity contribution in [2.24, 2.45) is 0 Å². The highest BCUT2D eigenvalue weighted by Crippen LogP contribution is 2.19. The van der Waals surface area contributed by atoms with Gasteiger partial charge in [-0.1, -0.05) is 52.3 Å². The Morgan fingerprint density at radius 3 is 2.12 bits per heavy atom. The van der Waals surface area contributed by atoms with E-state index in [0.717, 1.165) is 23.2 Å². The largest absolute Gasteiger partial charge is 0.506 e. The second kappa shape index (κ2) is 4.81. The molecule has 0 aliphatic carbocycles. The van der Waals surface area contributed by atoms with Crippen LogP contribution in [0.3, 0.4) is 0 Å². The molecule has 0 atom stereocenters. The SMILES string of the molecule is Oc1cc(Bc2ccc(Cl)cc2)ccc1Cl. The van der Waals surface area contributed by atoms with Gasteiger partial charge < -0.3 is 5.11 Å². The molecule has 2 rings (SSSR count). The smallest absolute Gasteiger partial charge is 0.192 e. The van der Waals surface area contributed by atoms with Crippen molar-refractivity contribution in [2.75, 3.05) is 0 Å². The van der Waals surface area contributed by atoms with Crippen molar-refractivity contribution in [3.05, 3.63) is 52.5 Å². The monoisotopic (exact) mass is 250 g/mol. The van der Waals surface area contributed by atoms with E-state index in [4.69, 9.17) is 23.2 Å². The first-order valence-corrected chi connectivity index (χ1v) is 5.62. The number of phenols is 1. The predicted molar refractivity (Wildman–Crippen MR) is 71.0 cm³/mol. The summed E-state index contributed by atoms with van der Waals surface area (Å²) >= 11 is 11.5. The van der Waals surface area contributed by atoms with Crippen molar-refractivity contribution >= 4 is 41.4 Å². The first-order chi connectivity index (χ1) is 7.65. The summed E-state index contributed by atoms with van der Waals surface area (Å²) in [6, 6.07) is 12.9. The molecular weight excluding hydrogens is 242 g/mol. The molecule has 0 amide bonds. The number of phenolic OH excluding ortho intramolecular Hbond substituents is 1. The van der Waals surface area contributed by atoms with E-state index in [-0.39, 0.29) is 5.75 Å². The highest BCUT2D eigenvalue weighted by molar-refractivity contribution is 6.67. The summed E-state index contributed by atoms with van der Waals surface area (Å²) in [5.41, 5.74) is 2.16. The van der Waals surface area contributed by atoms with Gasteiger partial charge >= 0.3 is 0 Å². The fraction of sp³-hybridized carbons (Fsp3) is 0. The second-order valence-electron chi connectivity index (χ2n) is 3.59. The maximum absolute atomic E-state index is 9.47. The highest BCUT2D eigenvalue weighted by Gasteiger charge is 2.03. The number of hydrogen-bond acceptors (Lipinski definition) is 1. The first kappa shape index (κ1) is 11.4. The van der Waals surface area contributed by atoms with Crippen LogP contribution in [0.2, 0.25) is 10.0 Å². The first-order valence-electron chi connectivity index (χ1n) is 4.87. The molecule has 0 aliphatic heterocycles. The summed E-state index contributed by atoms with van der Waals surface area (Å²) in [5.74, 6) is 0.119. The Morgan fingerprint density at radius 2 is 1.50 bits per heavy atom. The molecule has 4 heteroatoms. The number of hydrogen-bond donors (Lipinski definition) is 1. The molecule has 0 bridgehead atoms. The summed E-state index contributed by atoms with van der Waals surface area (Å²) in [6.45, 7) is 0. The van der Waals surface area contributed by atoms with Gasteiger partial charge in [0.1, 0.15) is 5.75 Å². The standard InChI is InChI=1S/C12H9BCl2O/c14-10-4-1-8(2-5-10)13-9-3-6-11(15)12(16)7-9/h1-7,13,16H. The van der Waals surface area contributed by atoms with Crippen molar-refractivity contribution < 1.29 is 5.11 Å².